The third kappa shape index (κ3) is 2.61. The number of hydrogen-bond donors (Lipinski definition) is 1. The highest BCUT2D eigenvalue weighted by atomic mass is 16.5. The Morgan fingerprint density at radius 1 is 1.17 bits per heavy atom. The summed E-state index contributed by atoms with van der Waals surface area (Å²) in [5.74, 6) is 2.21. The van der Waals surface area contributed by atoms with Gasteiger partial charge in [0.15, 0.2) is 0 Å². The average molecular weight is 249 g/mol. The molecule has 1 saturated carbocycles. The van der Waals surface area contributed by atoms with E-state index < -0.39 is 0 Å². The molecule has 0 amide bonds. The minimum absolute atomic E-state index is 0.00385. The zero-order valence-corrected chi connectivity index (χ0v) is 11.7. The van der Waals surface area contributed by atoms with Crippen LogP contribution < -0.4 is 15.2 Å². The quantitative estimate of drug-likeness (QED) is 0.872. The first-order valence-corrected chi connectivity index (χ1v) is 6.53. The molecule has 1 aromatic rings. The Balaban J connectivity index is 2.39. The van der Waals surface area contributed by atoms with Crippen molar-refractivity contribution < 1.29 is 9.47 Å². The lowest BCUT2D eigenvalue weighted by atomic mass is 9.95. The fourth-order valence-corrected chi connectivity index (χ4v) is 2.30. The second-order valence-corrected chi connectivity index (χ2v) is 5.60. The van der Waals surface area contributed by atoms with Crippen LogP contribution in [0.25, 0.3) is 0 Å². The van der Waals surface area contributed by atoms with Gasteiger partial charge in [0.2, 0.25) is 0 Å². The van der Waals surface area contributed by atoms with Crippen molar-refractivity contribution in [3.05, 3.63) is 23.3 Å². The van der Waals surface area contributed by atoms with Crippen molar-refractivity contribution in [3.63, 3.8) is 0 Å². The molecule has 2 N–H and O–H groups in total. The van der Waals surface area contributed by atoms with E-state index in [9.17, 15) is 0 Å². The summed E-state index contributed by atoms with van der Waals surface area (Å²) in [5, 5.41) is 0. The molecule has 0 aromatic heterocycles. The van der Waals surface area contributed by atoms with Crippen LogP contribution in [0.2, 0.25) is 0 Å². The number of methoxy groups -OCH3 is 2. The lowest BCUT2D eigenvalue weighted by Crippen LogP contribution is -2.24. The molecule has 0 radical (unpaired) electrons. The second kappa shape index (κ2) is 4.81. The van der Waals surface area contributed by atoms with Gasteiger partial charge in [-0.1, -0.05) is 13.8 Å². The van der Waals surface area contributed by atoms with Gasteiger partial charge >= 0.3 is 0 Å². The Bertz CT molecular complexity index is 436. The van der Waals surface area contributed by atoms with E-state index in [0.29, 0.717) is 5.92 Å². The Kier molecular flexibility index (Phi) is 3.53. The van der Waals surface area contributed by atoms with Crippen molar-refractivity contribution in [1.29, 1.82) is 0 Å². The minimum Gasteiger partial charge on any atom is -0.496 e. The number of rotatable bonds is 5. The van der Waals surface area contributed by atoms with Crippen molar-refractivity contribution in [2.45, 2.75) is 44.6 Å². The van der Waals surface area contributed by atoms with Crippen LogP contribution in [-0.2, 0) is 6.42 Å². The summed E-state index contributed by atoms with van der Waals surface area (Å²) in [5.41, 5.74) is 8.62. The molecule has 3 heteroatoms. The summed E-state index contributed by atoms with van der Waals surface area (Å²) in [6, 6.07) is 4.17. The van der Waals surface area contributed by atoms with Crippen molar-refractivity contribution >= 4 is 0 Å². The van der Waals surface area contributed by atoms with Crippen LogP contribution in [0.5, 0.6) is 11.5 Å². The summed E-state index contributed by atoms with van der Waals surface area (Å²) in [4.78, 5) is 0. The number of nitrogens with two attached hydrogens (primary N) is 1. The zero-order valence-electron chi connectivity index (χ0n) is 11.7. The largest absolute Gasteiger partial charge is 0.496 e. The van der Waals surface area contributed by atoms with Gasteiger partial charge in [-0.25, -0.2) is 0 Å². The average Bonchev–Trinajstić information content (AvgIpc) is 3.06. The summed E-state index contributed by atoms with van der Waals surface area (Å²) in [6.07, 6.45) is 3.11. The molecule has 0 saturated heterocycles. The fourth-order valence-electron chi connectivity index (χ4n) is 2.30. The standard InChI is InChI=1S/C15H23NO2/c1-10(2)12-7-11(9-15(16)5-6-15)13(17-3)8-14(12)18-4/h7-8,10H,5-6,9,16H2,1-4H3. The van der Waals surface area contributed by atoms with Gasteiger partial charge in [0.05, 0.1) is 14.2 Å². The maximum absolute atomic E-state index is 6.21. The van der Waals surface area contributed by atoms with E-state index in [1.165, 1.54) is 11.1 Å². The molecule has 0 heterocycles. The zero-order chi connectivity index (χ0) is 13.3. The van der Waals surface area contributed by atoms with Gasteiger partial charge in [0.25, 0.3) is 0 Å². The summed E-state index contributed by atoms with van der Waals surface area (Å²) < 4.78 is 10.9. The van der Waals surface area contributed by atoms with Crippen LogP contribution in [0, 0.1) is 0 Å². The highest BCUT2D eigenvalue weighted by Gasteiger charge is 2.39. The van der Waals surface area contributed by atoms with Crippen molar-refractivity contribution in [1.82, 2.24) is 0 Å². The fraction of sp³-hybridized carbons (Fsp3) is 0.600. The van der Waals surface area contributed by atoms with Gasteiger partial charge < -0.3 is 15.2 Å². The minimum atomic E-state index is -0.00385. The van der Waals surface area contributed by atoms with E-state index in [2.05, 4.69) is 19.9 Å². The van der Waals surface area contributed by atoms with Gasteiger partial charge in [-0.3, -0.25) is 0 Å². The molecule has 100 valence electrons. The van der Waals surface area contributed by atoms with Crippen LogP contribution in [-0.4, -0.2) is 19.8 Å². The molecular weight excluding hydrogens is 226 g/mol. The summed E-state index contributed by atoms with van der Waals surface area (Å²) in [6.45, 7) is 4.34. The van der Waals surface area contributed by atoms with Crippen LogP contribution in [0.4, 0.5) is 0 Å². The molecule has 3 nitrogen and oxygen atoms in total. The van der Waals surface area contributed by atoms with Gasteiger partial charge in [0, 0.05) is 11.6 Å². The Morgan fingerprint density at radius 2 is 1.78 bits per heavy atom. The molecule has 0 spiro atoms. The van der Waals surface area contributed by atoms with E-state index in [4.69, 9.17) is 15.2 Å². The maximum atomic E-state index is 6.21. The van der Waals surface area contributed by atoms with E-state index in [-0.39, 0.29) is 5.54 Å². The third-order valence-electron chi connectivity index (χ3n) is 3.69. The highest BCUT2D eigenvalue weighted by Crippen LogP contribution is 2.40. The van der Waals surface area contributed by atoms with Crippen LogP contribution in [0.1, 0.15) is 43.7 Å². The monoisotopic (exact) mass is 249 g/mol. The number of ether oxygens (including phenoxy) is 2. The van der Waals surface area contributed by atoms with Crippen molar-refractivity contribution in [2.24, 2.45) is 5.73 Å². The predicted octanol–water partition coefficient (Wildman–Crippen LogP) is 2.86. The Morgan fingerprint density at radius 3 is 2.22 bits per heavy atom. The van der Waals surface area contributed by atoms with Gasteiger partial charge in [0.1, 0.15) is 11.5 Å². The van der Waals surface area contributed by atoms with Gasteiger partial charge in [-0.15, -0.1) is 0 Å². The van der Waals surface area contributed by atoms with Gasteiger partial charge in [-0.2, -0.15) is 0 Å². The predicted molar refractivity (Wildman–Crippen MR) is 73.5 cm³/mol. The topological polar surface area (TPSA) is 44.5 Å². The molecule has 18 heavy (non-hydrogen) atoms. The first-order chi connectivity index (χ1) is 8.49. The molecule has 1 aliphatic carbocycles. The first kappa shape index (κ1) is 13.2. The van der Waals surface area contributed by atoms with Crippen LogP contribution in [0.3, 0.4) is 0 Å². The molecule has 0 bridgehead atoms. The van der Waals surface area contributed by atoms with Crippen molar-refractivity contribution in [3.8, 4) is 11.5 Å². The molecule has 0 unspecified atom stereocenters. The molecule has 1 aromatic carbocycles. The maximum Gasteiger partial charge on any atom is 0.126 e. The Hall–Kier alpha value is -1.22. The molecule has 0 aliphatic heterocycles. The SMILES string of the molecule is COc1cc(OC)c(C(C)C)cc1CC1(N)CC1. The molecular formula is C15H23NO2. The number of benzene rings is 1. The van der Waals surface area contributed by atoms with E-state index >= 15 is 0 Å². The van der Waals surface area contributed by atoms with E-state index in [1.54, 1.807) is 14.2 Å². The molecule has 1 fully saturated rings. The lowest BCUT2D eigenvalue weighted by molar-refractivity contribution is 0.385. The molecule has 0 atom stereocenters. The lowest BCUT2D eigenvalue weighted by Gasteiger charge is -2.18. The van der Waals surface area contributed by atoms with Crippen molar-refractivity contribution in [2.75, 3.05) is 14.2 Å². The third-order valence-corrected chi connectivity index (χ3v) is 3.69. The number of hydrogen-bond acceptors (Lipinski definition) is 3. The summed E-state index contributed by atoms with van der Waals surface area (Å²) in [7, 11) is 3.40. The molecule has 2 rings (SSSR count). The van der Waals surface area contributed by atoms with Crippen LogP contribution in [0.15, 0.2) is 12.1 Å². The van der Waals surface area contributed by atoms with E-state index in [0.717, 1.165) is 30.8 Å². The van der Waals surface area contributed by atoms with Gasteiger partial charge in [-0.05, 0) is 42.4 Å². The molecule has 1 aliphatic rings. The smallest absolute Gasteiger partial charge is 0.126 e. The van der Waals surface area contributed by atoms with Crippen LogP contribution >= 0.6 is 0 Å². The highest BCUT2D eigenvalue weighted by molar-refractivity contribution is 5.48. The first-order valence-electron chi connectivity index (χ1n) is 6.53. The normalized spacial score (nSPS) is 16.8. The second-order valence-electron chi connectivity index (χ2n) is 5.60. The Labute approximate surface area is 109 Å². The van der Waals surface area contributed by atoms with E-state index in [1.807, 2.05) is 6.07 Å². The summed E-state index contributed by atoms with van der Waals surface area (Å²) >= 11 is 0.